The second-order valence-corrected chi connectivity index (χ2v) is 6.88. The van der Waals surface area contributed by atoms with Gasteiger partial charge in [-0.1, -0.05) is 30.3 Å². The molecule has 1 aliphatic heterocycles. The summed E-state index contributed by atoms with van der Waals surface area (Å²) in [6.07, 6.45) is -0.137. The summed E-state index contributed by atoms with van der Waals surface area (Å²) in [6.45, 7) is -0.0667. The standard InChI is InChI=1S/C24H18N2O5/c27-21(14-15-26-23(29)19-8-4-5-9-20(19)24(26)30)31-18-12-10-16(11-13-18)22(28)25-17-6-2-1-3-7-17/h1-13H,14-15H2,(H,25,28). The normalized spacial score (nSPS) is 12.5. The summed E-state index contributed by atoms with van der Waals surface area (Å²) in [5.74, 6) is -1.43. The van der Waals surface area contributed by atoms with Crippen LogP contribution < -0.4 is 10.1 Å². The maximum absolute atomic E-state index is 12.3. The molecule has 7 nitrogen and oxygen atoms in total. The van der Waals surface area contributed by atoms with Gasteiger partial charge in [-0.05, 0) is 48.5 Å². The monoisotopic (exact) mass is 414 g/mol. The number of amides is 3. The van der Waals surface area contributed by atoms with Gasteiger partial charge in [-0.2, -0.15) is 0 Å². The van der Waals surface area contributed by atoms with Crippen molar-refractivity contribution < 1.29 is 23.9 Å². The number of nitrogens with zero attached hydrogens (tertiary/aromatic N) is 1. The van der Waals surface area contributed by atoms with Crippen molar-refractivity contribution in [1.82, 2.24) is 4.90 Å². The van der Waals surface area contributed by atoms with Crippen molar-refractivity contribution in [1.29, 1.82) is 0 Å². The molecule has 0 atom stereocenters. The number of anilines is 1. The van der Waals surface area contributed by atoms with Crippen LogP contribution in [0.1, 0.15) is 37.5 Å². The Hall–Kier alpha value is -4.26. The number of hydrogen-bond acceptors (Lipinski definition) is 5. The highest BCUT2D eigenvalue weighted by atomic mass is 16.5. The van der Waals surface area contributed by atoms with Crippen molar-refractivity contribution in [2.45, 2.75) is 6.42 Å². The topological polar surface area (TPSA) is 92.8 Å². The summed E-state index contributed by atoms with van der Waals surface area (Å²) >= 11 is 0. The minimum absolute atomic E-state index is 0.0667. The predicted octanol–water partition coefficient (Wildman–Crippen LogP) is 3.53. The first kappa shape index (κ1) is 20.0. The molecule has 0 aromatic heterocycles. The van der Waals surface area contributed by atoms with E-state index in [1.54, 1.807) is 48.5 Å². The Morgan fingerprint density at radius 2 is 1.35 bits per heavy atom. The molecule has 3 aromatic carbocycles. The fraction of sp³-hybridized carbons (Fsp3) is 0.0833. The molecule has 0 bridgehead atoms. The van der Waals surface area contributed by atoms with E-state index in [1.165, 1.54) is 12.1 Å². The molecule has 1 N–H and O–H groups in total. The molecule has 154 valence electrons. The molecule has 1 aliphatic rings. The van der Waals surface area contributed by atoms with Crippen LogP contribution in [-0.4, -0.2) is 35.1 Å². The van der Waals surface area contributed by atoms with Crippen molar-refractivity contribution >= 4 is 29.4 Å². The first-order valence-electron chi connectivity index (χ1n) is 9.65. The molecule has 0 unspecified atom stereocenters. The summed E-state index contributed by atoms with van der Waals surface area (Å²) in [7, 11) is 0. The average Bonchev–Trinajstić information content (AvgIpc) is 3.03. The summed E-state index contributed by atoms with van der Waals surface area (Å²) in [6, 6.07) is 21.7. The van der Waals surface area contributed by atoms with Crippen LogP contribution in [0.25, 0.3) is 0 Å². The molecular formula is C24H18N2O5. The number of carbonyl (C=O) groups is 4. The first-order valence-corrected chi connectivity index (χ1v) is 9.65. The molecule has 1 heterocycles. The fourth-order valence-electron chi connectivity index (χ4n) is 3.23. The van der Waals surface area contributed by atoms with Crippen LogP contribution in [0.15, 0.2) is 78.9 Å². The van der Waals surface area contributed by atoms with E-state index in [4.69, 9.17) is 4.74 Å². The van der Waals surface area contributed by atoms with Gasteiger partial charge in [0.25, 0.3) is 17.7 Å². The number of carbonyl (C=O) groups excluding carboxylic acids is 4. The highest BCUT2D eigenvalue weighted by Crippen LogP contribution is 2.22. The number of nitrogens with one attached hydrogen (secondary N) is 1. The lowest BCUT2D eigenvalue weighted by Gasteiger charge is -2.13. The van der Waals surface area contributed by atoms with E-state index in [0.29, 0.717) is 22.4 Å². The smallest absolute Gasteiger partial charge is 0.312 e. The lowest BCUT2D eigenvalue weighted by atomic mass is 10.1. The third-order valence-electron chi connectivity index (χ3n) is 4.80. The summed E-state index contributed by atoms with van der Waals surface area (Å²) in [5, 5.41) is 2.77. The number of imide groups is 1. The molecule has 3 amide bonds. The van der Waals surface area contributed by atoms with E-state index in [2.05, 4.69) is 5.32 Å². The zero-order valence-corrected chi connectivity index (χ0v) is 16.4. The molecule has 0 aliphatic carbocycles. The molecule has 7 heteroatoms. The Kier molecular flexibility index (Phi) is 5.57. The molecule has 0 fully saturated rings. The van der Waals surface area contributed by atoms with E-state index in [-0.39, 0.29) is 24.6 Å². The van der Waals surface area contributed by atoms with Crippen molar-refractivity contribution in [2.24, 2.45) is 0 Å². The van der Waals surface area contributed by atoms with Crippen LogP contribution >= 0.6 is 0 Å². The van der Waals surface area contributed by atoms with Gasteiger partial charge < -0.3 is 10.1 Å². The Labute approximate surface area is 178 Å². The molecule has 0 saturated heterocycles. The molecular weight excluding hydrogens is 396 g/mol. The largest absolute Gasteiger partial charge is 0.426 e. The highest BCUT2D eigenvalue weighted by Gasteiger charge is 2.35. The average molecular weight is 414 g/mol. The van der Waals surface area contributed by atoms with E-state index < -0.39 is 17.8 Å². The SMILES string of the molecule is O=C(CCN1C(=O)c2ccccc2C1=O)Oc1ccc(C(=O)Nc2ccccc2)cc1. The molecule has 31 heavy (non-hydrogen) atoms. The summed E-state index contributed by atoms with van der Waals surface area (Å²) in [5.41, 5.74) is 1.77. The fourth-order valence-corrected chi connectivity index (χ4v) is 3.23. The van der Waals surface area contributed by atoms with Crippen LogP contribution in [0, 0.1) is 0 Å². The number of esters is 1. The van der Waals surface area contributed by atoms with E-state index in [0.717, 1.165) is 4.90 Å². The quantitative estimate of drug-likeness (QED) is 0.378. The molecule has 0 spiro atoms. The van der Waals surface area contributed by atoms with Crippen LogP contribution in [0.3, 0.4) is 0 Å². The van der Waals surface area contributed by atoms with Gasteiger partial charge in [0.05, 0.1) is 17.5 Å². The minimum atomic E-state index is -0.585. The Bertz CT molecular complexity index is 1120. The maximum atomic E-state index is 12.3. The lowest BCUT2D eigenvalue weighted by Crippen LogP contribution is -2.32. The van der Waals surface area contributed by atoms with Gasteiger partial charge in [-0.3, -0.25) is 24.1 Å². The number of benzene rings is 3. The van der Waals surface area contributed by atoms with E-state index in [1.807, 2.05) is 18.2 Å². The van der Waals surface area contributed by atoms with Gasteiger partial charge in [0.1, 0.15) is 5.75 Å². The number of fused-ring (bicyclic) bond motifs is 1. The van der Waals surface area contributed by atoms with Crippen LogP contribution in [0.5, 0.6) is 5.75 Å². The number of hydrogen-bond donors (Lipinski definition) is 1. The Balaban J connectivity index is 1.31. The van der Waals surface area contributed by atoms with Gasteiger partial charge in [0.2, 0.25) is 0 Å². The zero-order chi connectivity index (χ0) is 21.8. The van der Waals surface area contributed by atoms with E-state index >= 15 is 0 Å². The maximum Gasteiger partial charge on any atom is 0.312 e. The van der Waals surface area contributed by atoms with Crippen LogP contribution in [0.2, 0.25) is 0 Å². The van der Waals surface area contributed by atoms with Gasteiger partial charge in [-0.15, -0.1) is 0 Å². The number of para-hydroxylation sites is 1. The van der Waals surface area contributed by atoms with E-state index in [9.17, 15) is 19.2 Å². The third kappa shape index (κ3) is 4.35. The van der Waals surface area contributed by atoms with Gasteiger partial charge >= 0.3 is 5.97 Å². The van der Waals surface area contributed by atoms with Crippen molar-refractivity contribution in [3.05, 3.63) is 95.6 Å². The van der Waals surface area contributed by atoms with Gasteiger partial charge in [0.15, 0.2) is 0 Å². The Morgan fingerprint density at radius 1 is 0.774 bits per heavy atom. The molecule has 0 radical (unpaired) electrons. The summed E-state index contributed by atoms with van der Waals surface area (Å²) < 4.78 is 5.25. The van der Waals surface area contributed by atoms with Crippen molar-refractivity contribution in [2.75, 3.05) is 11.9 Å². The van der Waals surface area contributed by atoms with Crippen LogP contribution in [0.4, 0.5) is 5.69 Å². The van der Waals surface area contributed by atoms with Crippen molar-refractivity contribution in [3.8, 4) is 5.75 Å². The number of ether oxygens (including phenoxy) is 1. The molecule has 4 rings (SSSR count). The molecule has 0 saturated carbocycles. The second kappa shape index (κ2) is 8.62. The van der Waals surface area contributed by atoms with Gasteiger partial charge in [-0.25, -0.2) is 0 Å². The minimum Gasteiger partial charge on any atom is -0.426 e. The first-order chi connectivity index (χ1) is 15.0. The summed E-state index contributed by atoms with van der Waals surface area (Å²) in [4.78, 5) is 50.1. The second-order valence-electron chi connectivity index (χ2n) is 6.88. The third-order valence-corrected chi connectivity index (χ3v) is 4.80. The number of rotatable bonds is 6. The van der Waals surface area contributed by atoms with Gasteiger partial charge in [0, 0.05) is 17.8 Å². The Morgan fingerprint density at radius 3 is 1.97 bits per heavy atom. The predicted molar refractivity (Wildman–Crippen MR) is 113 cm³/mol. The lowest BCUT2D eigenvalue weighted by molar-refractivity contribution is -0.134. The van der Waals surface area contributed by atoms with Crippen LogP contribution in [-0.2, 0) is 4.79 Å². The highest BCUT2D eigenvalue weighted by molar-refractivity contribution is 6.21. The zero-order valence-electron chi connectivity index (χ0n) is 16.4. The molecule has 3 aromatic rings. The van der Waals surface area contributed by atoms with Crippen molar-refractivity contribution in [3.63, 3.8) is 0 Å².